The van der Waals surface area contributed by atoms with Gasteiger partial charge < -0.3 is 14.5 Å². The van der Waals surface area contributed by atoms with E-state index in [2.05, 4.69) is 15.0 Å². The van der Waals surface area contributed by atoms with Crippen LogP contribution in [0, 0.1) is 6.92 Å². The van der Waals surface area contributed by atoms with Crippen molar-refractivity contribution in [3.8, 4) is 16.9 Å². The monoisotopic (exact) mass is 423 g/mol. The fourth-order valence-corrected chi connectivity index (χ4v) is 3.91. The Kier molecular flexibility index (Phi) is 5.19. The van der Waals surface area contributed by atoms with Gasteiger partial charge in [0.25, 0.3) is 6.01 Å². The van der Waals surface area contributed by atoms with Gasteiger partial charge in [0, 0.05) is 17.3 Å². The van der Waals surface area contributed by atoms with E-state index >= 15 is 0 Å². The molecule has 4 rings (SSSR count). The number of aryl methyl sites for hydroxylation is 1. The van der Waals surface area contributed by atoms with Gasteiger partial charge in [-0.3, -0.25) is 0 Å². The summed E-state index contributed by atoms with van der Waals surface area (Å²) in [6.07, 6.45) is 0. The zero-order chi connectivity index (χ0) is 21.3. The van der Waals surface area contributed by atoms with Crippen LogP contribution in [0.4, 0.5) is 11.7 Å². The number of aromatic nitrogens is 1. The molecular weight excluding hydrogens is 402 g/mol. The van der Waals surface area contributed by atoms with E-state index in [9.17, 15) is 8.42 Å². The van der Waals surface area contributed by atoms with Crippen molar-refractivity contribution in [2.45, 2.75) is 11.8 Å². The lowest BCUT2D eigenvalue weighted by molar-refractivity contribution is 0.412. The predicted octanol–water partition coefficient (Wildman–Crippen LogP) is 4.46. The van der Waals surface area contributed by atoms with E-state index in [1.165, 1.54) is 7.05 Å². The van der Waals surface area contributed by atoms with Crippen LogP contribution in [0.5, 0.6) is 5.75 Å². The Bertz CT molecular complexity index is 1310. The molecule has 154 valence electrons. The van der Waals surface area contributed by atoms with E-state index in [1.807, 2.05) is 43.3 Å². The predicted molar refractivity (Wildman–Crippen MR) is 117 cm³/mol. The SMILES string of the molecule is CNS(=O)(=O)c1ccc(-c2cccc3nc(Nc4ccc(C)c(OC)c4)oc23)cc1. The summed E-state index contributed by atoms with van der Waals surface area (Å²) in [7, 11) is -0.470. The van der Waals surface area contributed by atoms with Gasteiger partial charge in [-0.25, -0.2) is 13.1 Å². The minimum absolute atomic E-state index is 0.203. The van der Waals surface area contributed by atoms with Crippen LogP contribution in [0.3, 0.4) is 0 Å². The molecule has 8 heteroatoms. The van der Waals surface area contributed by atoms with Gasteiger partial charge in [-0.1, -0.05) is 30.3 Å². The quantitative estimate of drug-likeness (QED) is 0.475. The second-order valence-electron chi connectivity index (χ2n) is 6.71. The van der Waals surface area contributed by atoms with Gasteiger partial charge in [0.2, 0.25) is 10.0 Å². The summed E-state index contributed by atoms with van der Waals surface area (Å²) < 4.78 is 37.6. The number of methoxy groups -OCH3 is 1. The average Bonchev–Trinajstić information content (AvgIpc) is 3.17. The van der Waals surface area contributed by atoms with Crippen LogP contribution < -0.4 is 14.8 Å². The zero-order valence-corrected chi connectivity index (χ0v) is 17.6. The molecule has 0 unspecified atom stereocenters. The summed E-state index contributed by atoms with van der Waals surface area (Å²) in [4.78, 5) is 4.72. The second kappa shape index (κ2) is 7.81. The Morgan fingerprint density at radius 1 is 1.03 bits per heavy atom. The molecule has 0 atom stereocenters. The number of benzene rings is 3. The van der Waals surface area contributed by atoms with Crippen LogP contribution in [0.2, 0.25) is 0 Å². The summed E-state index contributed by atoms with van der Waals surface area (Å²) >= 11 is 0. The number of nitrogens with zero attached hydrogens (tertiary/aromatic N) is 1. The maximum Gasteiger partial charge on any atom is 0.300 e. The lowest BCUT2D eigenvalue weighted by Gasteiger charge is -2.07. The number of ether oxygens (including phenoxy) is 1. The van der Waals surface area contributed by atoms with Crippen LogP contribution in [-0.4, -0.2) is 27.6 Å². The summed E-state index contributed by atoms with van der Waals surface area (Å²) in [5.41, 5.74) is 4.79. The number of anilines is 2. The van der Waals surface area contributed by atoms with Crippen molar-refractivity contribution in [3.63, 3.8) is 0 Å². The zero-order valence-electron chi connectivity index (χ0n) is 16.8. The second-order valence-corrected chi connectivity index (χ2v) is 8.60. The van der Waals surface area contributed by atoms with E-state index in [4.69, 9.17) is 9.15 Å². The lowest BCUT2D eigenvalue weighted by Crippen LogP contribution is -2.18. The van der Waals surface area contributed by atoms with Crippen LogP contribution >= 0.6 is 0 Å². The van der Waals surface area contributed by atoms with Crippen molar-refractivity contribution in [1.82, 2.24) is 9.71 Å². The number of oxazole rings is 1. The lowest BCUT2D eigenvalue weighted by atomic mass is 10.1. The van der Waals surface area contributed by atoms with Crippen LogP contribution in [0.1, 0.15) is 5.56 Å². The van der Waals surface area contributed by atoms with Crippen molar-refractivity contribution in [2.75, 3.05) is 19.5 Å². The molecule has 30 heavy (non-hydrogen) atoms. The third kappa shape index (κ3) is 3.74. The molecule has 0 saturated carbocycles. The number of hydrogen-bond donors (Lipinski definition) is 2. The van der Waals surface area contributed by atoms with E-state index < -0.39 is 10.0 Å². The number of para-hydroxylation sites is 1. The summed E-state index contributed by atoms with van der Waals surface area (Å²) in [5, 5.41) is 3.17. The van der Waals surface area contributed by atoms with Crippen LogP contribution in [0.25, 0.3) is 22.2 Å². The Morgan fingerprint density at radius 3 is 2.50 bits per heavy atom. The Labute approximate surface area is 174 Å². The molecule has 0 aliphatic heterocycles. The van der Waals surface area contributed by atoms with Gasteiger partial charge in [-0.15, -0.1) is 0 Å². The minimum atomic E-state index is -3.49. The first kappa shape index (κ1) is 19.9. The van der Waals surface area contributed by atoms with Crippen LogP contribution in [0.15, 0.2) is 70.0 Å². The topological polar surface area (TPSA) is 93.5 Å². The average molecular weight is 423 g/mol. The molecule has 4 aromatic rings. The van der Waals surface area contributed by atoms with E-state index in [0.717, 1.165) is 28.1 Å². The molecule has 0 spiro atoms. The molecular formula is C22H21N3O4S. The Hall–Kier alpha value is -3.36. The van der Waals surface area contributed by atoms with E-state index in [-0.39, 0.29) is 4.90 Å². The van der Waals surface area contributed by atoms with Gasteiger partial charge in [0.15, 0.2) is 5.58 Å². The molecule has 1 aromatic heterocycles. The molecule has 0 amide bonds. The number of rotatable bonds is 6. The highest BCUT2D eigenvalue weighted by Crippen LogP contribution is 2.32. The maximum atomic E-state index is 11.9. The first-order valence-corrected chi connectivity index (χ1v) is 10.7. The Morgan fingerprint density at radius 2 is 1.80 bits per heavy atom. The standard InChI is InChI=1S/C22H21N3O4S/c1-14-7-10-16(13-20(14)28-3)24-22-25-19-6-4-5-18(21(19)29-22)15-8-11-17(12-9-15)30(26,27)23-2/h4-13,23H,1-3H3,(H,24,25). The number of nitrogens with one attached hydrogen (secondary N) is 2. The van der Waals surface area contributed by atoms with E-state index in [0.29, 0.717) is 17.1 Å². The van der Waals surface area contributed by atoms with Gasteiger partial charge in [0.05, 0.1) is 12.0 Å². The van der Waals surface area contributed by atoms with Crippen LogP contribution in [-0.2, 0) is 10.0 Å². The third-order valence-electron chi connectivity index (χ3n) is 4.82. The molecule has 0 aliphatic carbocycles. The van der Waals surface area contributed by atoms with Gasteiger partial charge in [-0.2, -0.15) is 4.98 Å². The normalized spacial score (nSPS) is 11.6. The van der Waals surface area contributed by atoms with Crippen molar-refractivity contribution >= 4 is 32.8 Å². The highest BCUT2D eigenvalue weighted by molar-refractivity contribution is 7.89. The van der Waals surface area contributed by atoms with Gasteiger partial charge >= 0.3 is 0 Å². The molecule has 0 bridgehead atoms. The van der Waals surface area contributed by atoms with Gasteiger partial charge in [0.1, 0.15) is 11.3 Å². The highest BCUT2D eigenvalue weighted by atomic mass is 32.2. The number of hydrogen-bond acceptors (Lipinski definition) is 6. The van der Waals surface area contributed by atoms with Crippen molar-refractivity contribution in [1.29, 1.82) is 0 Å². The highest BCUT2D eigenvalue weighted by Gasteiger charge is 2.14. The van der Waals surface area contributed by atoms with Gasteiger partial charge in [-0.05, 0) is 49.4 Å². The summed E-state index contributed by atoms with van der Waals surface area (Å²) in [5.74, 6) is 0.772. The van der Waals surface area contributed by atoms with Crippen molar-refractivity contribution in [2.24, 2.45) is 0 Å². The van der Waals surface area contributed by atoms with Crippen molar-refractivity contribution in [3.05, 3.63) is 66.2 Å². The molecule has 0 radical (unpaired) electrons. The molecule has 0 aliphatic rings. The molecule has 0 fully saturated rings. The fraction of sp³-hybridized carbons (Fsp3) is 0.136. The molecule has 1 heterocycles. The minimum Gasteiger partial charge on any atom is -0.496 e. The Balaban J connectivity index is 1.69. The molecule has 7 nitrogen and oxygen atoms in total. The molecule has 2 N–H and O–H groups in total. The van der Waals surface area contributed by atoms with E-state index in [1.54, 1.807) is 31.4 Å². The number of sulfonamides is 1. The fourth-order valence-electron chi connectivity index (χ4n) is 3.18. The summed E-state index contributed by atoms with van der Waals surface area (Å²) in [6, 6.07) is 18.4. The number of fused-ring (bicyclic) bond motifs is 1. The maximum absolute atomic E-state index is 11.9. The smallest absolute Gasteiger partial charge is 0.300 e. The third-order valence-corrected chi connectivity index (χ3v) is 6.25. The van der Waals surface area contributed by atoms with Crippen molar-refractivity contribution < 1.29 is 17.6 Å². The molecule has 0 saturated heterocycles. The first-order chi connectivity index (χ1) is 14.4. The summed E-state index contributed by atoms with van der Waals surface area (Å²) in [6.45, 7) is 1.97. The first-order valence-electron chi connectivity index (χ1n) is 9.26. The largest absolute Gasteiger partial charge is 0.496 e. The molecule has 3 aromatic carbocycles.